The second-order valence-electron chi connectivity index (χ2n) is 5.81. The normalized spacial score (nSPS) is 12.3. The first kappa shape index (κ1) is 15.3. The van der Waals surface area contributed by atoms with Crippen LogP contribution >= 0.6 is 0 Å². The molecule has 0 aliphatic rings. The highest BCUT2D eigenvalue weighted by atomic mass is 19.1. The van der Waals surface area contributed by atoms with Gasteiger partial charge in [-0.25, -0.2) is 4.39 Å². The molecule has 23 heavy (non-hydrogen) atoms. The molecular formula is C19H19FN2O. The highest BCUT2D eigenvalue weighted by Gasteiger charge is 2.12. The fourth-order valence-electron chi connectivity index (χ4n) is 2.63. The van der Waals surface area contributed by atoms with Gasteiger partial charge in [-0.15, -0.1) is 0 Å². The second-order valence-corrected chi connectivity index (χ2v) is 5.81. The van der Waals surface area contributed by atoms with Crippen molar-refractivity contribution in [1.29, 1.82) is 0 Å². The van der Waals surface area contributed by atoms with Gasteiger partial charge in [-0.2, -0.15) is 0 Å². The van der Waals surface area contributed by atoms with Gasteiger partial charge in [0.1, 0.15) is 11.5 Å². The molecule has 1 unspecified atom stereocenters. The highest BCUT2D eigenvalue weighted by Crippen LogP contribution is 2.17. The first-order valence-electron chi connectivity index (χ1n) is 7.75. The number of halogens is 1. The zero-order valence-corrected chi connectivity index (χ0v) is 13.0. The summed E-state index contributed by atoms with van der Waals surface area (Å²) in [7, 11) is 0. The Hall–Kier alpha value is -2.62. The van der Waals surface area contributed by atoms with Gasteiger partial charge in [0.25, 0.3) is 5.91 Å². The van der Waals surface area contributed by atoms with E-state index in [2.05, 4.69) is 22.4 Å². The van der Waals surface area contributed by atoms with E-state index in [4.69, 9.17) is 0 Å². The molecule has 0 aliphatic carbocycles. The maximum Gasteiger partial charge on any atom is 0.267 e. The lowest BCUT2D eigenvalue weighted by Gasteiger charge is -2.13. The van der Waals surface area contributed by atoms with Crippen LogP contribution < -0.4 is 5.32 Å². The Morgan fingerprint density at radius 2 is 1.96 bits per heavy atom. The van der Waals surface area contributed by atoms with Gasteiger partial charge in [0, 0.05) is 16.9 Å². The molecule has 0 radical (unpaired) electrons. The summed E-state index contributed by atoms with van der Waals surface area (Å²) in [4.78, 5) is 15.3. The van der Waals surface area contributed by atoms with Crippen LogP contribution in [-0.2, 0) is 6.42 Å². The van der Waals surface area contributed by atoms with Crippen molar-refractivity contribution in [3.8, 4) is 0 Å². The fourth-order valence-corrected chi connectivity index (χ4v) is 2.63. The van der Waals surface area contributed by atoms with Crippen molar-refractivity contribution < 1.29 is 9.18 Å². The molecule has 3 aromatic rings. The maximum absolute atomic E-state index is 13.2. The number of hydrogen-bond acceptors (Lipinski definition) is 1. The van der Waals surface area contributed by atoms with Crippen LogP contribution in [0, 0.1) is 5.82 Å². The number of rotatable bonds is 5. The monoisotopic (exact) mass is 310 g/mol. The molecule has 118 valence electrons. The van der Waals surface area contributed by atoms with Crippen LogP contribution in [0.15, 0.2) is 54.6 Å². The molecule has 0 aliphatic heterocycles. The Balaban J connectivity index is 1.61. The van der Waals surface area contributed by atoms with E-state index in [1.165, 1.54) is 17.7 Å². The van der Waals surface area contributed by atoms with Crippen molar-refractivity contribution in [1.82, 2.24) is 10.3 Å². The van der Waals surface area contributed by atoms with Crippen LogP contribution in [0.4, 0.5) is 4.39 Å². The van der Waals surface area contributed by atoms with Crippen molar-refractivity contribution >= 4 is 16.8 Å². The molecule has 1 amide bonds. The smallest absolute Gasteiger partial charge is 0.267 e. The third kappa shape index (κ3) is 3.77. The predicted molar refractivity (Wildman–Crippen MR) is 89.9 cm³/mol. The molecule has 3 nitrogen and oxygen atoms in total. The molecular weight excluding hydrogens is 291 g/mol. The molecule has 1 atom stereocenters. The molecule has 4 heteroatoms. The maximum atomic E-state index is 13.2. The van der Waals surface area contributed by atoms with E-state index in [0.29, 0.717) is 11.1 Å². The molecule has 3 rings (SSSR count). The summed E-state index contributed by atoms with van der Waals surface area (Å²) in [6.45, 7) is 1.99. The van der Waals surface area contributed by atoms with E-state index in [0.717, 1.165) is 18.4 Å². The third-order valence-corrected chi connectivity index (χ3v) is 3.91. The summed E-state index contributed by atoms with van der Waals surface area (Å²) in [5.74, 6) is -0.471. The van der Waals surface area contributed by atoms with Crippen LogP contribution in [0.2, 0.25) is 0 Å². The summed E-state index contributed by atoms with van der Waals surface area (Å²) in [6.07, 6.45) is 1.78. The van der Waals surface area contributed by atoms with Crippen LogP contribution in [0.5, 0.6) is 0 Å². The first-order chi connectivity index (χ1) is 11.1. The summed E-state index contributed by atoms with van der Waals surface area (Å²) >= 11 is 0. The molecule has 2 aromatic carbocycles. The standard InChI is InChI=1S/C19H19FN2O/c1-13(7-8-14-5-3-2-4-6-14)21-19(23)18-12-15-11-16(20)9-10-17(15)22-18/h2-6,9-13,22H,7-8H2,1H3,(H,21,23). The Kier molecular flexibility index (Phi) is 4.42. The average Bonchev–Trinajstić information content (AvgIpc) is 2.97. The minimum Gasteiger partial charge on any atom is -0.351 e. The minimum atomic E-state index is -0.306. The Bertz CT molecular complexity index is 811. The predicted octanol–water partition coefficient (Wildman–Crippen LogP) is 4.06. The van der Waals surface area contributed by atoms with E-state index < -0.39 is 0 Å². The summed E-state index contributed by atoms with van der Waals surface area (Å²) in [5, 5.41) is 3.68. The molecule has 0 spiro atoms. The quantitative estimate of drug-likeness (QED) is 0.733. The number of aromatic amines is 1. The van der Waals surface area contributed by atoms with E-state index >= 15 is 0 Å². The fraction of sp³-hybridized carbons (Fsp3) is 0.211. The molecule has 0 bridgehead atoms. The van der Waals surface area contributed by atoms with E-state index in [1.54, 1.807) is 12.1 Å². The van der Waals surface area contributed by atoms with Crippen LogP contribution in [0.3, 0.4) is 0 Å². The molecule has 0 fully saturated rings. The Morgan fingerprint density at radius 3 is 2.74 bits per heavy atom. The van der Waals surface area contributed by atoms with Gasteiger partial charge in [0.05, 0.1) is 0 Å². The number of H-pyrrole nitrogens is 1. The van der Waals surface area contributed by atoms with Gasteiger partial charge < -0.3 is 10.3 Å². The summed E-state index contributed by atoms with van der Waals surface area (Å²) in [5.41, 5.74) is 2.47. The number of nitrogens with one attached hydrogen (secondary N) is 2. The Labute approximate surface area is 134 Å². The minimum absolute atomic E-state index is 0.0610. The Morgan fingerprint density at radius 1 is 1.17 bits per heavy atom. The van der Waals surface area contributed by atoms with Crippen molar-refractivity contribution in [2.24, 2.45) is 0 Å². The number of hydrogen-bond donors (Lipinski definition) is 2. The third-order valence-electron chi connectivity index (χ3n) is 3.91. The summed E-state index contributed by atoms with van der Waals surface area (Å²) in [6, 6.07) is 16.4. The lowest BCUT2D eigenvalue weighted by Crippen LogP contribution is -2.33. The largest absolute Gasteiger partial charge is 0.351 e. The topological polar surface area (TPSA) is 44.9 Å². The van der Waals surface area contributed by atoms with Crippen molar-refractivity contribution in [3.63, 3.8) is 0 Å². The molecule has 1 heterocycles. The van der Waals surface area contributed by atoms with Gasteiger partial charge in [-0.05, 0) is 49.6 Å². The lowest BCUT2D eigenvalue weighted by molar-refractivity contribution is 0.0934. The van der Waals surface area contributed by atoms with Crippen molar-refractivity contribution in [3.05, 3.63) is 71.7 Å². The number of aromatic nitrogens is 1. The zero-order chi connectivity index (χ0) is 16.2. The van der Waals surface area contributed by atoms with E-state index in [-0.39, 0.29) is 17.8 Å². The number of carbonyl (C=O) groups excluding carboxylic acids is 1. The number of fused-ring (bicyclic) bond motifs is 1. The second kappa shape index (κ2) is 6.65. The first-order valence-corrected chi connectivity index (χ1v) is 7.75. The number of amides is 1. The van der Waals surface area contributed by atoms with Gasteiger partial charge in [-0.3, -0.25) is 4.79 Å². The van der Waals surface area contributed by atoms with E-state index in [1.807, 2.05) is 25.1 Å². The van der Waals surface area contributed by atoms with Gasteiger partial charge in [0.2, 0.25) is 0 Å². The molecule has 0 saturated heterocycles. The molecule has 1 aromatic heterocycles. The van der Waals surface area contributed by atoms with Crippen LogP contribution in [-0.4, -0.2) is 16.9 Å². The summed E-state index contributed by atoms with van der Waals surface area (Å²) < 4.78 is 13.2. The van der Waals surface area contributed by atoms with Crippen molar-refractivity contribution in [2.45, 2.75) is 25.8 Å². The van der Waals surface area contributed by atoms with Gasteiger partial charge >= 0.3 is 0 Å². The highest BCUT2D eigenvalue weighted by molar-refractivity contribution is 5.98. The van der Waals surface area contributed by atoms with Crippen molar-refractivity contribution in [2.75, 3.05) is 0 Å². The lowest BCUT2D eigenvalue weighted by atomic mass is 10.1. The van der Waals surface area contributed by atoms with Crippen LogP contribution in [0.1, 0.15) is 29.4 Å². The van der Waals surface area contributed by atoms with E-state index in [9.17, 15) is 9.18 Å². The average molecular weight is 310 g/mol. The number of carbonyl (C=O) groups is 1. The van der Waals surface area contributed by atoms with Gasteiger partial charge in [-0.1, -0.05) is 30.3 Å². The molecule has 2 N–H and O–H groups in total. The van der Waals surface area contributed by atoms with Crippen LogP contribution in [0.25, 0.3) is 10.9 Å². The number of benzene rings is 2. The zero-order valence-electron chi connectivity index (χ0n) is 13.0. The SMILES string of the molecule is CC(CCc1ccccc1)NC(=O)c1cc2cc(F)ccc2[nH]1. The van der Waals surface area contributed by atoms with Gasteiger partial charge in [0.15, 0.2) is 0 Å². The number of aryl methyl sites for hydroxylation is 1. The molecule has 0 saturated carbocycles.